The van der Waals surface area contributed by atoms with Gasteiger partial charge in [0.25, 0.3) is 0 Å². The highest BCUT2D eigenvalue weighted by Gasteiger charge is 2.18. The Kier molecular flexibility index (Phi) is 3.53. The second kappa shape index (κ2) is 4.94. The van der Waals surface area contributed by atoms with Crippen LogP contribution in [0.25, 0.3) is 0 Å². The fourth-order valence-electron chi connectivity index (χ4n) is 2.43. The van der Waals surface area contributed by atoms with Crippen molar-refractivity contribution in [1.29, 1.82) is 0 Å². The first-order chi connectivity index (χ1) is 8.52. The van der Waals surface area contributed by atoms with Crippen molar-refractivity contribution in [2.45, 2.75) is 26.8 Å². The third-order valence-electron chi connectivity index (χ3n) is 3.37. The van der Waals surface area contributed by atoms with Gasteiger partial charge in [0.1, 0.15) is 0 Å². The Labute approximate surface area is 109 Å². The summed E-state index contributed by atoms with van der Waals surface area (Å²) >= 11 is 0. The maximum atomic E-state index is 4.43. The molecular formula is C15H21N3. The van der Waals surface area contributed by atoms with Crippen LogP contribution in [0.4, 0.5) is 0 Å². The lowest BCUT2D eigenvalue weighted by molar-refractivity contribution is 0.602. The summed E-state index contributed by atoms with van der Waals surface area (Å²) in [7, 11) is 3.99. The number of nitrogens with one attached hydrogen (secondary N) is 1. The first kappa shape index (κ1) is 12.8. The van der Waals surface area contributed by atoms with Crippen LogP contribution in [0.2, 0.25) is 0 Å². The molecule has 1 atom stereocenters. The van der Waals surface area contributed by atoms with Crippen molar-refractivity contribution in [3.8, 4) is 0 Å². The molecule has 3 nitrogen and oxygen atoms in total. The molecular weight excluding hydrogens is 222 g/mol. The number of hydrogen-bond acceptors (Lipinski definition) is 2. The summed E-state index contributed by atoms with van der Waals surface area (Å²) in [6.07, 6.45) is 0. The molecule has 0 radical (unpaired) electrons. The normalized spacial score (nSPS) is 12.7. The minimum Gasteiger partial charge on any atom is -0.308 e. The second-order valence-corrected chi connectivity index (χ2v) is 4.92. The Morgan fingerprint density at radius 2 is 1.89 bits per heavy atom. The zero-order chi connectivity index (χ0) is 13.3. The monoisotopic (exact) mass is 243 g/mol. The molecule has 1 N–H and O–H groups in total. The summed E-state index contributed by atoms with van der Waals surface area (Å²) in [6.45, 7) is 6.31. The van der Waals surface area contributed by atoms with Crippen molar-refractivity contribution >= 4 is 0 Å². The summed E-state index contributed by atoms with van der Waals surface area (Å²) < 4.78 is 1.96. The Morgan fingerprint density at radius 1 is 1.17 bits per heavy atom. The molecule has 2 rings (SSSR count). The standard InChI is InChI=1S/C15H21N3/c1-10-6-7-11(2)13(8-10)15(16-4)14-9-12(3)17-18(14)5/h6-9,15-16H,1-5H3. The molecule has 1 aromatic heterocycles. The number of nitrogens with zero attached hydrogens (tertiary/aromatic N) is 2. The lowest BCUT2D eigenvalue weighted by Crippen LogP contribution is -2.21. The zero-order valence-electron chi connectivity index (χ0n) is 11.8. The van der Waals surface area contributed by atoms with Crippen molar-refractivity contribution in [2.75, 3.05) is 7.05 Å². The molecule has 1 aromatic carbocycles. The lowest BCUT2D eigenvalue weighted by Gasteiger charge is -2.19. The number of rotatable bonds is 3. The summed E-state index contributed by atoms with van der Waals surface area (Å²) in [6, 6.07) is 8.91. The molecule has 1 heterocycles. The van der Waals surface area contributed by atoms with E-state index in [1.165, 1.54) is 22.4 Å². The van der Waals surface area contributed by atoms with Gasteiger partial charge in [-0.25, -0.2) is 0 Å². The van der Waals surface area contributed by atoms with Crippen LogP contribution >= 0.6 is 0 Å². The minimum absolute atomic E-state index is 0.191. The van der Waals surface area contributed by atoms with Gasteiger partial charge in [-0.2, -0.15) is 5.10 Å². The van der Waals surface area contributed by atoms with E-state index in [0.717, 1.165) is 5.69 Å². The van der Waals surface area contributed by atoms with E-state index in [1.807, 2.05) is 25.7 Å². The van der Waals surface area contributed by atoms with Crippen LogP contribution in [-0.4, -0.2) is 16.8 Å². The SMILES string of the molecule is CNC(c1cc(C)ccc1C)c1cc(C)nn1C. The lowest BCUT2D eigenvalue weighted by atomic mass is 9.96. The van der Waals surface area contributed by atoms with Crippen molar-refractivity contribution in [3.63, 3.8) is 0 Å². The topological polar surface area (TPSA) is 29.9 Å². The van der Waals surface area contributed by atoms with E-state index >= 15 is 0 Å². The van der Waals surface area contributed by atoms with Crippen LogP contribution in [0.1, 0.15) is 34.1 Å². The first-order valence-corrected chi connectivity index (χ1v) is 6.28. The predicted molar refractivity (Wildman–Crippen MR) is 74.8 cm³/mol. The molecule has 1 unspecified atom stereocenters. The highest BCUT2D eigenvalue weighted by molar-refractivity contribution is 5.37. The second-order valence-electron chi connectivity index (χ2n) is 4.92. The molecule has 0 saturated heterocycles. The molecule has 0 bridgehead atoms. The highest BCUT2D eigenvalue weighted by atomic mass is 15.3. The molecule has 3 heteroatoms. The molecule has 0 aliphatic rings. The van der Waals surface area contributed by atoms with E-state index in [2.05, 4.69) is 48.5 Å². The van der Waals surface area contributed by atoms with E-state index in [4.69, 9.17) is 0 Å². The third-order valence-corrected chi connectivity index (χ3v) is 3.37. The first-order valence-electron chi connectivity index (χ1n) is 6.28. The van der Waals surface area contributed by atoms with E-state index in [0.29, 0.717) is 0 Å². The molecule has 0 saturated carbocycles. The molecule has 2 aromatic rings. The Hall–Kier alpha value is -1.61. The average Bonchev–Trinajstić information content (AvgIpc) is 2.64. The van der Waals surface area contributed by atoms with Gasteiger partial charge in [0.2, 0.25) is 0 Å². The van der Waals surface area contributed by atoms with E-state index in [1.54, 1.807) is 0 Å². The van der Waals surface area contributed by atoms with Gasteiger partial charge in [-0.3, -0.25) is 4.68 Å². The van der Waals surface area contributed by atoms with Gasteiger partial charge in [-0.1, -0.05) is 23.8 Å². The Bertz CT molecular complexity index is 555. The zero-order valence-corrected chi connectivity index (χ0v) is 11.8. The van der Waals surface area contributed by atoms with Crippen LogP contribution in [0.3, 0.4) is 0 Å². The predicted octanol–water partition coefficient (Wildman–Crippen LogP) is 2.65. The molecule has 0 aliphatic heterocycles. The van der Waals surface area contributed by atoms with Gasteiger partial charge in [0, 0.05) is 7.05 Å². The molecule has 96 valence electrons. The van der Waals surface area contributed by atoms with Crippen molar-refractivity contribution in [3.05, 3.63) is 52.3 Å². The Morgan fingerprint density at radius 3 is 2.44 bits per heavy atom. The van der Waals surface area contributed by atoms with Gasteiger partial charge < -0.3 is 5.32 Å². The van der Waals surface area contributed by atoms with Crippen LogP contribution in [0.5, 0.6) is 0 Å². The minimum atomic E-state index is 0.191. The number of aromatic nitrogens is 2. The van der Waals surface area contributed by atoms with Crippen molar-refractivity contribution in [2.24, 2.45) is 7.05 Å². The summed E-state index contributed by atoms with van der Waals surface area (Å²) in [5.74, 6) is 0. The van der Waals surface area contributed by atoms with Crippen LogP contribution in [0.15, 0.2) is 24.3 Å². The third kappa shape index (κ3) is 2.31. The van der Waals surface area contributed by atoms with E-state index < -0.39 is 0 Å². The molecule has 18 heavy (non-hydrogen) atoms. The van der Waals surface area contributed by atoms with Gasteiger partial charge in [-0.15, -0.1) is 0 Å². The molecule has 0 spiro atoms. The van der Waals surface area contributed by atoms with Crippen LogP contribution < -0.4 is 5.32 Å². The maximum absolute atomic E-state index is 4.43. The molecule has 0 fully saturated rings. The summed E-state index contributed by atoms with van der Waals surface area (Å²) in [5.41, 5.74) is 6.16. The summed E-state index contributed by atoms with van der Waals surface area (Å²) in [4.78, 5) is 0. The van der Waals surface area contributed by atoms with Gasteiger partial charge >= 0.3 is 0 Å². The number of hydrogen-bond donors (Lipinski definition) is 1. The number of aryl methyl sites for hydroxylation is 4. The fraction of sp³-hybridized carbons (Fsp3) is 0.400. The summed E-state index contributed by atoms with van der Waals surface area (Å²) in [5, 5.41) is 7.83. The van der Waals surface area contributed by atoms with Gasteiger partial charge in [0.15, 0.2) is 0 Å². The average molecular weight is 243 g/mol. The van der Waals surface area contributed by atoms with Gasteiger partial charge in [-0.05, 0) is 45.0 Å². The Balaban J connectivity index is 2.51. The largest absolute Gasteiger partial charge is 0.308 e. The van der Waals surface area contributed by atoms with E-state index in [9.17, 15) is 0 Å². The van der Waals surface area contributed by atoms with Crippen molar-refractivity contribution in [1.82, 2.24) is 15.1 Å². The maximum Gasteiger partial charge on any atom is 0.0748 e. The quantitative estimate of drug-likeness (QED) is 0.898. The van der Waals surface area contributed by atoms with Gasteiger partial charge in [0.05, 0.1) is 17.4 Å². The van der Waals surface area contributed by atoms with E-state index in [-0.39, 0.29) is 6.04 Å². The fourth-order valence-corrected chi connectivity index (χ4v) is 2.43. The van der Waals surface area contributed by atoms with Crippen molar-refractivity contribution < 1.29 is 0 Å². The smallest absolute Gasteiger partial charge is 0.0748 e. The van der Waals surface area contributed by atoms with Crippen LogP contribution in [-0.2, 0) is 7.05 Å². The highest BCUT2D eigenvalue weighted by Crippen LogP contribution is 2.25. The molecule has 0 amide bonds. The molecule has 0 aliphatic carbocycles. The number of benzene rings is 1. The van der Waals surface area contributed by atoms with Crippen LogP contribution in [0, 0.1) is 20.8 Å².